The van der Waals surface area contributed by atoms with E-state index in [1.165, 1.54) is 5.56 Å². The van der Waals surface area contributed by atoms with Crippen molar-refractivity contribution in [3.8, 4) is 11.5 Å². The number of anilines is 1. The summed E-state index contributed by atoms with van der Waals surface area (Å²) in [5.41, 5.74) is 5.53. The monoisotopic (exact) mass is 493 g/mol. The fourth-order valence-electron chi connectivity index (χ4n) is 3.29. The highest BCUT2D eigenvalue weighted by atomic mass is 32.2. The molecule has 0 saturated heterocycles. The zero-order valence-corrected chi connectivity index (χ0v) is 21.5. The predicted molar refractivity (Wildman–Crippen MR) is 141 cm³/mol. The van der Waals surface area contributed by atoms with Gasteiger partial charge in [-0.1, -0.05) is 63.2 Å². The summed E-state index contributed by atoms with van der Waals surface area (Å²) < 4.78 is 31.6. The van der Waals surface area contributed by atoms with Gasteiger partial charge in [0.15, 0.2) is 0 Å². The smallest absolute Gasteiger partial charge is 0.260 e. The number of carbonyl (C=O) groups excluding carboxylic acids is 1. The van der Waals surface area contributed by atoms with Crippen molar-refractivity contribution in [2.24, 2.45) is 5.10 Å². The molecule has 1 N–H and O–H groups in total. The van der Waals surface area contributed by atoms with Crippen molar-refractivity contribution in [2.45, 2.75) is 33.1 Å². The zero-order valence-electron chi connectivity index (χ0n) is 20.6. The molecule has 0 atom stereocenters. The van der Waals surface area contributed by atoms with E-state index >= 15 is 0 Å². The van der Waals surface area contributed by atoms with Gasteiger partial charge in [-0.15, -0.1) is 0 Å². The first-order valence-corrected chi connectivity index (χ1v) is 13.0. The van der Waals surface area contributed by atoms with Crippen LogP contribution in [0.25, 0.3) is 0 Å². The fourth-order valence-corrected chi connectivity index (χ4v) is 4.15. The van der Waals surface area contributed by atoms with Crippen LogP contribution < -0.4 is 14.5 Å². The summed E-state index contributed by atoms with van der Waals surface area (Å²) in [7, 11) is -3.71. The van der Waals surface area contributed by atoms with E-state index in [1.54, 1.807) is 31.2 Å². The number of hydrogen-bond donors (Lipinski definition) is 1. The van der Waals surface area contributed by atoms with E-state index in [2.05, 4.69) is 31.3 Å². The first-order valence-electron chi connectivity index (χ1n) is 11.2. The van der Waals surface area contributed by atoms with Crippen molar-refractivity contribution in [1.82, 2.24) is 5.43 Å². The second kappa shape index (κ2) is 10.7. The van der Waals surface area contributed by atoms with E-state index in [4.69, 9.17) is 4.74 Å². The van der Waals surface area contributed by atoms with Crippen LogP contribution in [0.5, 0.6) is 11.5 Å². The van der Waals surface area contributed by atoms with E-state index in [0.29, 0.717) is 22.9 Å². The number of nitrogens with zero attached hydrogens (tertiary/aromatic N) is 2. The molecule has 3 rings (SSSR count). The van der Waals surface area contributed by atoms with Crippen LogP contribution in [0.15, 0.2) is 84.0 Å². The first kappa shape index (κ1) is 26.0. The van der Waals surface area contributed by atoms with Gasteiger partial charge in [0.2, 0.25) is 10.0 Å². The van der Waals surface area contributed by atoms with Crippen molar-refractivity contribution in [3.63, 3.8) is 0 Å². The van der Waals surface area contributed by atoms with Crippen LogP contribution in [0.1, 0.15) is 38.8 Å². The Balaban J connectivity index is 1.68. The molecular weight excluding hydrogens is 462 g/mol. The quantitative estimate of drug-likeness (QED) is 0.350. The highest BCUT2D eigenvalue weighted by molar-refractivity contribution is 7.92. The average molecular weight is 494 g/mol. The van der Waals surface area contributed by atoms with Crippen LogP contribution >= 0.6 is 0 Å². The van der Waals surface area contributed by atoms with E-state index in [1.807, 2.05) is 54.6 Å². The Bertz CT molecular complexity index is 1280. The lowest BCUT2D eigenvalue weighted by Gasteiger charge is -2.21. The Labute approximate surface area is 207 Å². The van der Waals surface area contributed by atoms with Crippen molar-refractivity contribution < 1.29 is 17.9 Å². The van der Waals surface area contributed by atoms with Crippen molar-refractivity contribution in [2.75, 3.05) is 17.1 Å². The van der Waals surface area contributed by atoms with Crippen LogP contribution in [-0.4, -0.2) is 32.8 Å². The van der Waals surface area contributed by atoms with Crippen LogP contribution in [-0.2, 0) is 20.2 Å². The molecule has 0 aromatic heterocycles. The molecule has 0 unspecified atom stereocenters. The highest BCUT2D eigenvalue weighted by Gasteiger charge is 2.21. The lowest BCUT2D eigenvalue weighted by atomic mass is 9.86. The highest BCUT2D eigenvalue weighted by Crippen LogP contribution is 2.25. The lowest BCUT2D eigenvalue weighted by molar-refractivity contribution is -0.119. The van der Waals surface area contributed by atoms with Gasteiger partial charge >= 0.3 is 0 Å². The van der Waals surface area contributed by atoms with E-state index < -0.39 is 22.5 Å². The number of nitrogens with one attached hydrogen (secondary N) is 1. The van der Waals surface area contributed by atoms with Gasteiger partial charge in [0.05, 0.1) is 17.7 Å². The van der Waals surface area contributed by atoms with Crippen LogP contribution in [0.3, 0.4) is 0 Å². The molecule has 3 aromatic carbocycles. The minimum Gasteiger partial charge on any atom is -0.457 e. The maximum Gasteiger partial charge on any atom is 0.260 e. The molecule has 0 spiro atoms. The summed E-state index contributed by atoms with van der Waals surface area (Å²) >= 11 is 0. The van der Waals surface area contributed by atoms with Crippen LogP contribution in [0, 0.1) is 0 Å². The minimum absolute atomic E-state index is 0.0404. The maximum atomic E-state index is 12.6. The molecule has 0 heterocycles. The Kier molecular flexibility index (Phi) is 7.96. The SMILES string of the molecule is C/C(=N/NC(=O)CN(c1ccc(Oc2ccccc2)cc1)S(C)(=O)=O)c1ccc(C(C)(C)C)cc1. The van der Waals surface area contributed by atoms with Crippen LogP contribution in [0.4, 0.5) is 5.69 Å². The van der Waals surface area contributed by atoms with Crippen molar-refractivity contribution in [3.05, 3.63) is 90.0 Å². The van der Waals surface area contributed by atoms with E-state index in [9.17, 15) is 13.2 Å². The maximum absolute atomic E-state index is 12.6. The topological polar surface area (TPSA) is 88.1 Å². The molecule has 7 nitrogen and oxygen atoms in total. The summed E-state index contributed by atoms with van der Waals surface area (Å²) in [5.74, 6) is 0.669. The number of rotatable bonds is 8. The van der Waals surface area contributed by atoms with Gasteiger partial charge in [-0.2, -0.15) is 5.10 Å². The molecule has 0 aliphatic rings. The van der Waals surface area contributed by atoms with Gasteiger partial charge in [-0.25, -0.2) is 13.8 Å². The van der Waals surface area contributed by atoms with Gasteiger partial charge in [0.1, 0.15) is 18.0 Å². The normalized spacial score (nSPS) is 12.2. The molecule has 1 amide bonds. The fraction of sp³-hybridized carbons (Fsp3) is 0.259. The lowest BCUT2D eigenvalue weighted by Crippen LogP contribution is -2.39. The Hall–Kier alpha value is -3.65. The third-order valence-corrected chi connectivity index (χ3v) is 6.45. The largest absolute Gasteiger partial charge is 0.457 e. The van der Waals surface area contributed by atoms with Crippen molar-refractivity contribution in [1.29, 1.82) is 0 Å². The summed E-state index contributed by atoms with van der Waals surface area (Å²) in [4.78, 5) is 12.6. The molecule has 8 heteroatoms. The summed E-state index contributed by atoms with van der Waals surface area (Å²) in [6.07, 6.45) is 1.06. The van der Waals surface area contributed by atoms with Crippen LogP contribution in [0.2, 0.25) is 0 Å². The number of carbonyl (C=O) groups is 1. The number of hydrazone groups is 1. The molecule has 184 valence electrons. The third kappa shape index (κ3) is 7.42. The third-order valence-electron chi connectivity index (χ3n) is 5.31. The molecular formula is C27H31N3O4S. The number of sulfonamides is 1. The molecule has 35 heavy (non-hydrogen) atoms. The predicted octanol–water partition coefficient (Wildman–Crippen LogP) is 5.08. The second-order valence-corrected chi connectivity index (χ2v) is 11.1. The average Bonchev–Trinajstić information content (AvgIpc) is 2.81. The number of benzene rings is 3. The molecule has 0 aliphatic heterocycles. The number of amides is 1. The second-order valence-electron chi connectivity index (χ2n) is 9.24. The van der Waals surface area contributed by atoms with Gasteiger partial charge in [0, 0.05) is 0 Å². The molecule has 0 saturated carbocycles. The minimum atomic E-state index is -3.71. The molecule has 0 aliphatic carbocycles. The van der Waals surface area contributed by atoms with Gasteiger partial charge in [-0.3, -0.25) is 9.10 Å². The number of hydrogen-bond acceptors (Lipinski definition) is 5. The Morgan fingerprint density at radius 1 is 0.914 bits per heavy atom. The molecule has 0 bridgehead atoms. The summed E-state index contributed by atoms with van der Waals surface area (Å²) in [6.45, 7) is 7.80. The first-order chi connectivity index (χ1) is 16.4. The van der Waals surface area contributed by atoms with Gasteiger partial charge in [0.25, 0.3) is 5.91 Å². The summed E-state index contributed by atoms with van der Waals surface area (Å²) in [5, 5.41) is 4.15. The number of ether oxygens (including phenoxy) is 1. The molecule has 3 aromatic rings. The standard InChI is InChI=1S/C27H31N3O4S/c1-20(21-11-13-22(14-12-21)27(2,3)4)28-29-26(31)19-30(35(5,32)33)23-15-17-25(18-16-23)34-24-9-7-6-8-10-24/h6-18H,19H2,1-5H3,(H,29,31)/b28-20-. The van der Waals surface area contributed by atoms with Gasteiger partial charge < -0.3 is 4.74 Å². The zero-order chi connectivity index (χ0) is 25.6. The van der Waals surface area contributed by atoms with Crippen molar-refractivity contribution >= 4 is 27.3 Å². The van der Waals surface area contributed by atoms with E-state index in [0.717, 1.165) is 16.1 Å². The Morgan fingerprint density at radius 2 is 1.49 bits per heavy atom. The number of para-hydroxylation sites is 1. The van der Waals surface area contributed by atoms with Gasteiger partial charge in [-0.05, 0) is 59.9 Å². The Morgan fingerprint density at radius 3 is 2.03 bits per heavy atom. The molecule has 0 fully saturated rings. The van der Waals surface area contributed by atoms with E-state index in [-0.39, 0.29) is 5.41 Å². The summed E-state index contributed by atoms with van der Waals surface area (Å²) in [6, 6.07) is 23.7. The molecule has 0 radical (unpaired) electrons.